The highest BCUT2D eigenvalue weighted by Crippen LogP contribution is 2.19. The summed E-state index contributed by atoms with van der Waals surface area (Å²) in [5.74, 6) is 0. The molecule has 2 rings (SSSR count). The van der Waals surface area contributed by atoms with Gasteiger partial charge in [-0.1, -0.05) is 11.6 Å². The van der Waals surface area contributed by atoms with Crippen molar-refractivity contribution in [3.8, 4) is 6.07 Å². The van der Waals surface area contributed by atoms with Crippen LogP contribution in [0.2, 0.25) is 5.02 Å². The molecule has 3 nitrogen and oxygen atoms in total. The molecule has 1 heterocycles. The van der Waals surface area contributed by atoms with Crippen LogP contribution in [0.4, 0.5) is 5.69 Å². The first-order chi connectivity index (χ1) is 9.29. The molecule has 1 aliphatic rings. The molecule has 0 radical (unpaired) electrons. The molecule has 0 spiro atoms. The van der Waals surface area contributed by atoms with Crippen molar-refractivity contribution in [3.05, 3.63) is 29.3 Å². The zero-order chi connectivity index (χ0) is 13.5. The number of unbranched alkanes of at least 4 members (excludes halogenated alkanes) is 2. The van der Waals surface area contributed by atoms with Gasteiger partial charge in [0.25, 0.3) is 0 Å². The van der Waals surface area contributed by atoms with Gasteiger partial charge in [-0.2, -0.15) is 5.26 Å². The van der Waals surface area contributed by atoms with E-state index in [1.54, 1.807) is 0 Å². The zero-order valence-corrected chi connectivity index (χ0v) is 11.9. The number of anilines is 1. The van der Waals surface area contributed by atoms with E-state index in [9.17, 15) is 0 Å². The smallest absolute Gasteiger partial charge is 0.0621 e. The second kappa shape index (κ2) is 7.37. The Kier molecular flexibility index (Phi) is 5.50. The van der Waals surface area contributed by atoms with Gasteiger partial charge in [-0.3, -0.25) is 4.90 Å². The van der Waals surface area contributed by atoms with Gasteiger partial charge >= 0.3 is 0 Å². The Labute approximate surface area is 120 Å². The van der Waals surface area contributed by atoms with E-state index in [2.05, 4.69) is 28.0 Å². The highest BCUT2D eigenvalue weighted by Gasteiger charge is 2.16. The highest BCUT2D eigenvalue weighted by atomic mass is 35.5. The summed E-state index contributed by atoms with van der Waals surface area (Å²) < 4.78 is 0. The summed E-state index contributed by atoms with van der Waals surface area (Å²) in [6, 6.07) is 10.3. The van der Waals surface area contributed by atoms with Crippen LogP contribution in [0, 0.1) is 11.3 Å². The van der Waals surface area contributed by atoms with Crippen LogP contribution in [0.5, 0.6) is 0 Å². The van der Waals surface area contributed by atoms with Gasteiger partial charge in [0, 0.05) is 43.3 Å². The van der Waals surface area contributed by atoms with Crippen molar-refractivity contribution in [1.29, 1.82) is 5.26 Å². The Morgan fingerprint density at radius 3 is 2.37 bits per heavy atom. The monoisotopic (exact) mass is 277 g/mol. The standard InChI is InChI=1S/C15H20ClN3/c16-14-4-6-15(7-5-14)19-12-10-18(11-13-19)9-3-1-2-8-17/h4-7H,1-3,9-13H2. The average Bonchev–Trinajstić information content (AvgIpc) is 2.45. The minimum absolute atomic E-state index is 0.685. The molecule has 0 atom stereocenters. The summed E-state index contributed by atoms with van der Waals surface area (Å²) in [7, 11) is 0. The van der Waals surface area contributed by atoms with Crippen molar-refractivity contribution >= 4 is 17.3 Å². The Morgan fingerprint density at radius 1 is 1.05 bits per heavy atom. The van der Waals surface area contributed by atoms with Gasteiger partial charge in [0.05, 0.1) is 6.07 Å². The number of benzene rings is 1. The van der Waals surface area contributed by atoms with Gasteiger partial charge in [0.2, 0.25) is 0 Å². The van der Waals surface area contributed by atoms with Gasteiger partial charge in [-0.05, 0) is 43.7 Å². The zero-order valence-electron chi connectivity index (χ0n) is 11.2. The molecule has 0 saturated carbocycles. The van der Waals surface area contributed by atoms with Gasteiger partial charge in [-0.25, -0.2) is 0 Å². The fourth-order valence-electron chi connectivity index (χ4n) is 2.42. The molecule has 102 valence electrons. The summed E-state index contributed by atoms with van der Waals surface area (Å²) >= 11 is 5.91. The Hall–Kier alpha value is -1.24. The Bertz CT molecular complexity index is 416. The van der Waals surface area contributed by atoms with E-state index in [4.69, 9.17) is 16.9 Å². The van der Waals surface area contributed by atoms with Crippen LogP contribution in [-0.2, 0) is 0 Å². The lowest BCUT2D eigenvalue weighted by atomic mass is 10.2. The van der Waals surface area contributed by atoms with Gasteiger partial charge in [0.1, 0.15) is 0 Å². The summed E-state index contributed by atoms with van der Waals surface area (Å²) in [6.07, 6.45) is 2.84. The largest absolute Gasteiger partial charge is 0.369 e. The Balaban J connectivity index is 1.73. The third kappa shape index (κ3) is 4.41. The van der Waals surface area contributed by atoms with Crippen molar-refractivity contribution in [2.24, 2.45) is 0 Å². The lowest BCUT2D eigenvalue weighted by molar-refractivity contribution is 0.253. The van der Waals surface area contributed by atoms with E-state index in [1.165, 1.54) is 5.69 Å². The van der Waals surface area contributed by atoms with E-state index >= 15 is 0 Å². The van der Waals surface area contributed by atoms with Crippen molar-refractivity contribution in [3.63, 3.8) is 0 Å². The normalized spacial score (nSPS) is 16.3. The van der Waals surface area contributed by atoms with Crippen LogP contribution >= 0.6 is 11.6 Å². The van der Waals surface area contributed by atoms with Crippen LogP contribution in [0.1, 0.15) is 19.3 Å². The van der Waals surface area contributed by atoms with Crippen LogP contribution in [0.25, 0.3) is 0 Å². The van der Waals surface area contributed by atoms with Crippen LogP contribution < -0.4 is 4.90 Å². The molecule has 0 aliphatic carbocycles. The van der Waals surface area contributed by atoms with Crippen molar-refractivity contribution < 1.29 is 0 Å². The first kappa shape index (κ1) is 14.2. The predicted molar refractivity (Wildman–Crippen MR) is 79.6 cm³/mol. The number of hydrogen-bond donors (Lipinski definition) is 0. The molecule has 4 heteroatoms. The maximum Gasteiger partial charge on any atom is 0.0621 e. The number of nitriles is 1. The summed E-state index contributed by atoms with van der Waals surface area (Å²) in [5, 5.41) is 9.30. The number of piperazine rings is 1. The van der Waals surface area contributed by atoms with Gasteiger partial charge in [-0.15, -0.1) is 0 Å². The quantitative estimate of drug-likeness (QED) is 0.775. The fraction of sp³-hybridized carbons (Fsp3) is 0.533. The number of nitrogens with zero attached hydrogens (tertiary/aromatic N) is 3. The summed E-state index contributed by atoms with van der Waals surface area (Å²) in [5.41, 5.74) is 1.26. The van der Waals surface area contributed by atoms with Crippen molar-refractivity contribution in [2.75, 3.05) is 37.6 Å². The van der Waals surface area contributed by atoms with Crippen LogP contribution in [0.15, 0.2) is 24.3 Å². The molecule has 1 saturated heterocycles. The van der Waals surface area contributed by atoms with Crippen molar-refractivity contribution in [2.45, 2.75) is 19.3 Å². The van der Waals surface area contributed by atoms with Crippen LogP contribution in [-0.4, -0.2) is 37.6 Å². The molecular weight excluding hydrogens is 258 g/mol. The molecule has 0 unspecified atom stereocenters. The predicted octanol–water partition coefficient (Wildman–Crippen LogP) is 3.16. The Morgan fingerprint density at radius 2 is 1.74 bits per heavy atom. The SMILES string of the molecule is N#CCCCCN1CCN(c2ccc(Cl)cc2)CC1. The van der Waals surface area contributed by atoms with Crippen LogP contribution in [0.3, 0.4) is 0 Å². The van der Waals surface area contributed by atoms with E-state index in [-0.39, 0.29) is 0 Å². The lowest BCUT2D eigenvalue weighted by Crippen LogP contribution is -2.46. The average molecular weight is 278 g/mol. The molecule has 1 aromatic carbocycles. The molecule has 0 bridgehead atoms. The van der Waals surface area contributed by atoms with E-state index in [1.807, 2.05) is 12.1 Å². The first-order valence-electron chi connectivity index (χ1n) is 6.89. The topological polar surface area (TPSA) is 30.3 Å². The molecule has 1 aromatic rings. The third-order valence-corrected chi connectivity index (χ3v) is 3.83. The van der Waals surface area contributed by atoms with E-state index in [0.717, 1.165) is 50.6 Å². The third-order valence-electron chi connectivity index (χ3n) is 3.58. The van der Waals surface area contributed by atoms with E-state index < -0.39 is 0 Å². The minimum Gasteiger partial charge on any atom is -0.369 e. The minimum atomic E-state index is 0.685. The molecule has 0 amide bonds. The molecule has 0 N–H and O–H groups in total. The number of hydrogen-bond acceptors (Lipinski definition) is 3. The number of rotatable bonds is 5. The summed E-state index contributed by atoms with van der Waals surface area (Å²) in [6.45, 7) is 5.47. The number of halogens is 1. The van der Waals surface area contributed by atoms with Gasteiger partial charge in [0.15, 0.2) is 0 Å². The first-order valence-corrected chi connectivity index (χ1v) is 7.27. The molecule has 1 aliphatic heterocycles. The second-order valence-electron chi connectivity index (χ2n) is 4.92. The summed E-state index contributed by atoms with van der Waals surface area (Å²) in [4.78, 5) is 4.89. The molecule has 19 heavy (non-hydrogen) atoms. The maximum atomic E-state index is 8.50. The highest BCUT2D eigenvalue weighted by molar-refractivity contribution is 6.30. The maximum absolute atomic E-state index is 8.50. The van der Waals surface area contributed by atoms with E-state index in [0.29, 0.717) is 6.42 Å². The lowest BCUT2D eigenvalue weighted by Gasteiger charge is -2.36. The van der Waals surface area contributed by atoms with Crippen molar-refractivity contribution in [1.82, 2.24) is 4.90 Å². The van der Waals surface area contributed by atoms with Gasteiger partial charge < -0.3 is 4.90 Å². The molecule has 1 fully saturated rings. The molecule has 0 aromatic heterocycles. The molecular formula is C15H20ClN3. The fourth-order valence-corrected chi connectivity index (χ4v) is 2.55. The second-order valence-corrected chi connectivity index (χ2v) is 5.36.